The molecule has 21 heavy (non-hydrogen) atoms. The first kappa shape index (κ1) is 14.8. The number of nitrogens with zero attached hydrogens (tertiary/aromatic N) is 1. The summed E-state index contributed by atoms with van der Waals surface area (Å²) >= 11 is 1.02. The highest BCUT2D eigenvalue weighted by atomic mass is 32.1. The predicted molar refractivity (Wildman–Crippen MR) is 73.1 cm³/mol. The molecule has 2 aromatic rings. The van der Waals surface area contributed by atoms with Gasteiger partial charge in [0.2, 0.25) is 0 Å². The minimum Gasteiger partial charge on any atom is -0.478 e. The van der Waals surface area contributed by atoms with E-state index in [0.29, 0.717) is 10.9 Å². The first-order chi connectivity index (χ1) is 9.95. The summed E-state index contributed by atoms with van der Waals surface area (Å²) in [6, 6.07) is 2.61. The minimum absolute atomic E-state index is 0.175. The van der Waals surface area contributed by atoms with Crippen molar-refractivity contribution in [3.63, 3.8) is 0 Å². The summed E-state index contributed by atoms with van der Waals surface area (Å²) in [7, 11) is 0. The zero-order valence-electron chi connectivity index (χ0n) is 10.3. The molecule has 0 unspecified atom stereocenters. The highest BCUT2D eigenvalue weighted by Gasteiger charge is 2.14. The average molecular weight is 310 g/mol. The van der Waals surface area contributed by atoms with Crippen molar-refractivity contribution >= 4 is 34.4 Å². The zero-order chi connectivity index (χ0) is 15.4. The smallest absolute Gasteiger partial charge is 0.328 e. The molecular formula is C13H8F2N2O3S. The molecule has 0 aliphatic carbocycles. The van der Waals surface area contributed by atoms with E-state index in [1.807, 2.05) is 0 Å². The number of rotatable bonds is 4. The topological polar surface area (TPSA) is 79.3 Å². The van der Waals surface area contributed by atoms with Crippen molar-refractivity contribution in [3.05, 3.63) is 52.5 Å². The van der Waals surface area contributed by atoms with Crippen molar-refractivity contribution in [2.75, 3.05) is 5.32 Å². The second kappa shape index (κ2) is 6.23. The van der Waals surface area contributed by atoms with E-state index in [0.717, 1.165) is 29.5 Å². The van der Waals surface area contributed by atoms with Crippen LogP contribution in [-0.4, -0.2) is 22.0 Å². The van der Waals surface area contributed by atoms with Crippen molar-refractivity contribution in [2.24, 2.45) is 0 Å². The maximum absolute atomic E-state index is 13.4. The minimum atomic E-state index is -1.11. The quantitative estimate of drug-likeness (QED) is 0.851. The molecule has 0 atom stereocenters. The van der Waals surface area contributed by atoms with Crippen LogP contribution in [0.4, 0.5) is 13.9 Å². The number of carboxylic acid groups (broad SMARTS) is 1. The molecule has 0 radical (unpaired) electrons. The molecule has 0 saturated carbocycles. The first-order valence-corrected chi connectivity index (χ1v) is 6.40. The van der Waals surface area contributed by atoms with Crippen molar-refractivity contribution in [1.29, 1.82) is 0 Å². The van der Waals surface area contributed by atoms with Gasteiger partial charge in [-0.3, -0.25) is 10.1 Å². The largest absolute Gasteiger partial charge is 0.478 e. The maximum Gasteiger partial charge on any atom is 0.328 e. The van der Waals surface area contributed by atoms with Gasteiger partial charge in [-0.2, -0.15) is 0 Å². The lowest BCUT2D eigenvalue weighted by atomic mass is 10.2. The van der Waals surface area contributed by atoms with Crippen molar-refractivity contribution in [1.82, 2.24) is 4.98 Å². The van der Waals surface area contributed by atoms with Crippen LogP contribution in [-0.2, 0) is 4.79 Å². The Balaban J connectivity index is 2.11. The molecule has 0 spiro atoms. The molecule has 0 bridgehead atoms. The average Bonchev–Trinajstić information content (AvgIpc) is 2.83. The Labute approximate surface area is 121 Å². The van der Waals surface area contributed by atoms with Gasteiger partial charge in [0.05, 0.1) is 5.56 Å². The van der Waals surface area contributed by atoms with E-state index >= 15 is 0 Å². The van der Waals surface area contributed by atoms with E-state index in [2.05, 4.69) is 10.3 Å². The van der Waals surface area contributed by atoms with Gasteiger partial charge in [0.15, 0.2) is 5.13 Å². The van der Waals surface area contributed by atoms with Gasteiger partial charge < -0.3 is 5.11 Å². The molecule has 108 valence electrons. The molecule has 1 aromatic carbocycles. The predicted octanol–water partition coefficient (Wildman–Crippen LogP) is 2.77. The Kier molecular flexibility index (Phi) is 4.39. The van der Waals surface area contributed by atoms with Crippen LogP contribution >= 0.6 is 11.3 Å². The molecule has 1 heterocycles. The Morgan fingerprint density at radius 3 is 2.76 bits per heavy atom. The number of hydrogen-bond donors (Lipinski definition) is 2. The highest BCUT2D eigenvalue weighted by molar-refractivity contribution is 7.16. The van der Waals surface area contributed by atoms with Crippen molar-refractivity contribution in [3.8, 4) is 0 Å². The summed E-state index contributed by atoms with van der Waals surface area (Å²) in [5, 5.41) is 11.0. The number of aliphatic carboxylic acids is 1. The molecule has 2 rings (SSSR count). The third-order valence-corrected chi connectivity index (χ3v) is 3.19. The number of thiazole rings is 1. The van der Waals surface area contributed by atoms with Crippen LogP contribution in [0.1, 0.15) is 15.2 Å². The van der Waals surface area contributed by atoms with Crippen LogP contribution in [0.3, 0.4) is 0 Å². The monoisotopic (exact) mass is 310 g/mol. The lowest BCUT2D eigenvalue weighted by molar-refractivity contribution is -0.131. The highest BCUT2D eigenvalue weighted by Crippen LogP contribution is 2.20. The van der Waals surface area contributed by atoms with Gasteiger partial charge >= 0.3 is 5.97 Å². The van der Waals surface area contributed by atoms with Crippen LogP contribution < -0.4 is 5.32 Å². The van der Waals surface area contributed by atoms with Gasteiger partial charge in [-0.15, -0.1) is 0 Å². The van der Waals surface area contributed by atoms with Crippen LogP contribution in [0.5, 0.6) is 0 Å². The standard InChI is InChI=1S/C13H8F2N2O3S/c14-7-1-3-9(10(15)5-7)12(20)17-13-16-6-8(21-13)2-4-11(18)19/h1-6H,(H,18,19)(H,16,17,20). The summed E-state index contributed by atoms with van der Waals surface area (Å²) in [6.45, 7) is 0. The molecule has 5 nitrogen and oxygen atoms in total. The Bertz CT molecular complexity index is 728. The zero-order valence-corrected chi connectivity index (χ0v) is 11.2. The molecule has 2 N–H and O–H groups in total. The van der Waals surface area contributed by atoms with E-state index in [1.165, 1.54) is 12.3 Å². The number of halogens is 2. The van der Waals surface area contributed by atoms with Gasteiger partial charge in [-0.25, -0.2) is 18.6 Å². The normalized spacial score (nSPS) is 10.8. The Morgan fingerprint density at radius 1 is 1.33 bits per heavy atom. The van der Waals surface area contributed by atoms with E-state index in [9.17, 15) is 18.4 Å². The van der Waals surface area contributed by atoms with E-state index in [1.54, 1.807) is 0 Å². The fourth-order valence-corrected chi connectivity index (χ4v) is 2.13. The number of amides is 1. The number of carbonyl (C=O) groups is 2. The van der Waals surface area contributed by atoms with E-state index in [4.69, 9.17) is 5.11 Å². The first-order valence-electron chi connectivity index (χ1n) is 5.59. The molecule has 0 fully saturated rings. The molecule has 0 saturated heterocycles. The number of nitrogens with one attached hydrogen (secondary N) is 1. The number of anilines is 1. The van der Waals surface area contributed by atoms with E-state index in [-0.39, 0.29) is 10.7 Å². The van der Waals surface area contributed by atoms with Gasteiger partial charge in [-0.1, -0.05) is 11.3 Å². The summed E-state index contributed by atoms with van der Waals surface area (Å²) in [4.78, 5) is 26.5. The molecule has 8 heteroatoms. The van der Waals surface area contributed by atoms with Crippen LogP contribution in [0.25, 0.3) is 6.08 Å². The van der Waals surface area contributed by atoms with Gasteiger partial charge in [-0.05, 0) is 18.2 Å². The van der Waals surface area contributed by atoms with Gasteiger partial charge in [0.25, 0.3) is 5.91 Å². The summed E-state index contributed by atoms with van der Waals surface area (Å²) < 4.78 is 26.2. The van der Waals surface area contributed by atoms with E-state index < -0.39 is 23.5 Å². The third-order valence-electron chi connectivity index (χ3n) is 2.31. The van der Waals surface area contributed by atoms with Gasteiger partial charge in [0.1, 0.15) is 11.6 Å². The van der Waals surface area contributed by atoms with Crippen molar-refractivity contribution < 1.29 is 23.5 Å². The fourth-order valence-electron chi connectivity index (χ4n) is 1.41. The summed E-state index contributed by atoms with van der Waals surface area (Å²) in [5.74, 6) is -3.63. The maximum atomic E-state index is 13.4. The molecular weight excluding hydrogens is 302 g/mol. The molecule has 0 aliphatic rings. The van der Waals surface area contributed by atoms with Crippen LogP contribution in [0.2, 0.25) is 0 Å². The second-order valence-corrected chi connectivity index (χ2v) is 4.88. The lowest BCUT2D eigenvalue weighted by Crippen LogP contribution is -2.13. The third kappa shape index (κ3) is 3.93. The Hall–Kier alpha value is -2.61. The SMILES string of the molecule is O=C(O)C=Cc1cnc(NC(=O)c2ccc(F)cc2F)s1. The molecule has 0 aliphatic heterocycles. The van der Waals surface area contributed by atoms with Crippen LogP contribution in [0, 0.1) is 11.6 Å². The summed E-state index contributed by atoms with van der Waals surface area (Å²) in [5.41, 5.74) is -0.311. The number of aromatic nitrogens is 1. The Morgan fingerprint density at radius 2 is 2.10 bits per heavy atom. The molecule has 1 amide bonds. The number of carbonyl (C=O) groups excluding carboxylic acids is 1. The lowest BCUT2D eigenvalue weighted by Gasteiger charge is -2.02. The number of hydrogen-bond acceptors (Lipinski definition) is 4. The fraction of sp³-hybridized carbons (Fsp3) is 0. The number of carboxylic acids is 1. The van der Waals surface area contributed by atoms with Crippen LogP contribution in [0.15, 0.2) is 30.5 Å². The van der Waals surface area contributed by atoms with Crippen molar-refractivity contribution in [2.45, 2.75) is 0 Å². The van der Waals surface area contributed by atoms with Gasteiger partial charge in [0, 0.05) is 23.2 Å². The molecule has 1 aromatic heterocycles. The summed E-state index contributed by atoms with van der Waals surface area (Å²) in [6.07, 6.45) is 3.60. The second-order valence-electron chi connectivity index (χ2n) is 3.82. The number of benzene rings is 1.